The number of rotatable bonds is 7. The Kier molecular flexibility index (Phi) is 6.08. The van der Waals surface area contributed by atoms with Crippen LogP contribution in [0.25, 0.3) is 0 Å². The van der Waals surface area contributed by atoms with Crippen molar-refractivity contribution in [3.8, 4) is 0 Å². The molecule has 1 aliphatic heterocycles. The van der Waals surface area contributed by atoms with Gasteiger partial charge in [-0.15, -0.1) is 0 Å². The number of aryl methyl sites for hydroxylation is 2. The van der Waals surface area contributed by atoms with E-state index in [4.69, 9.17) is 11.6 Å². The molecule has 2 heterocycles. The molecule has 0 spiro atoms. The molecule has 6 heteroatoms. The summed E-state index contributed by atoms with van der Waals surface area (Å²) in [5, 5.41) is 5.36. The van der Waals surface area contributed by atoms with Crippen molar-refractivity contribution in [3.63, 3.8) is 0 Å². The number of amides is 1. The van der Waals surface area contributed by atoms with Gasteiger partial charge in [0, 0.05) is 37.4 Å². The number of piperidine rings is 1. The first-order chi connectivity index (χ1) is 12.2. The van der Waals surface area contributed by atoms with Gasteiger partial charge in [0.2, 0.25) is 5.91 Å². The van der Waals surface area contributed by atoms with Crippen LogP contribution in [0.15, 0.2) is 24.3 Å². The van der Waals surface area contributed by atoms with Crippen LogP contribution in [-0.2, 0) is 24.2 Å². The first-order valence-corrected chi connectivity index (χ1v) is 9.49. The van der Waals surface area contributed by atoms with Crippen LogP contribution in [0.4, 0.5) is 0 Å². The number of likely N-dealkylation sites (tertiary alicyclic amines) is 1. The van der Waals surface area contributed by atoms with Crippen molar-refractivity contribution in [2.24, 2.45) is 0 Å². The second-order valence-electron chi connectivity index (χ2n) is 6.49. The van der Waals surface area contributed by atoms with E-state index in [9.17, 15) is 4.79 Å². The zero-order valence-corrected chi connectivity index (χ0v) is 15.5. The number of carbonyl (C=O) groups excluding carboxylic acids is 1. The Morgan fingerprint density at radius 1 is 1.24 bits per heavy atom. The number of benzene rings is 1. The van der Waals surface area contributed by atoms with E-state index in [0.29, 0.717) is 13.0 Å². The van der Waals surface area contributed by atoms with Gasteiger partial charge in [0.1, 0.15) is 5.82 Å². The van der Waals surface area contributed by atoms with Gasteiger partial charge in [0.05, 0.1) is 6.54 Å². The Morgan fingerprint density at radius 3 is 2.84 bits per heavy atom. The van der Waals surface area contributed by atoms with Crippen LogP contribution in [0.5, 0.6) is 0 Å². The van der Waals surface area contributed by atoms with E-state index in [-0.39, 0.29) is 5.91 Å². The van der Waals surface area contributed by atoms with E-state index in [0.717, 1.165) is 67.4 Å². The summed E-state index contributed by atoms with van der Waals surface area (Å²) in [5.41, 5.74) is 1.05. The third-order valence-corrected chi connectivity index (χ3v) is 5.00. The Bertz CT molecular complexity index is 728. The molecule has 0 unspecified atom stereocenters. The molecule has 0 N–H and O–H groups in total. The average Bonchev–Trinajstić information content (AvgIpc) is 3.01. The molecule has 1 aliphatic rings. The van der Waals surface area contributed by atoms with E-state index in [1.807, 2.05) is 33.8 Å². The highest BCUT2D eigenvalue weighted by Crippen LogP contribution is 2.17. The third kappa shape index (κ3) is 4.60. The highest BCUT2D eigenvalue weighted by Gasteiger charge is 2.18. The fraction of sp³-hybridized carbons (Fsp3) is 0.526. The molecule has 0 atom stereocenters. The zero-order valence-electron chi connectivity index (χ0n) is 14.7. The van der Waals surface area contributed by atoms with Gasteiger partial charge in [-0.25, -0.2) is 9.67 Å². The third-order valence-electron chi connectivity index (χ3n) is 4.64. The normalized spacial score (nSPS) is 15.0. The highest BCUT2D eigenvalue weighted by molar-refractivity contribution is 6.31. The zero-order chi connectivity index (χ0) is 17.6. The van der Waals surface area contributed by atoms with Crippen molar-refractivity contribution in [2.75, 3.05) is 13.1 Å². The predicted octanol–water partition coefficient (Wildman–Crippen LogP) is 3.49. The van der Waals surface area contributed by atoms with Crippen LogP contribution in [0, 0.1) is 0 Å². The van der Waals surface area contributed by atoms with Crippen molar-refractivity contribution in [1.29, 1.82) is 0 Å². The van der Waals surface area contributed by atoms with Gasteiger partial charge in [-0.3, -0.25) is 4.79 Å². The smallest absolute Gasteiger partial charge is 0.222 e. The molecular weight excluding hydrogens is 336 g/mol. The summed E-state index contributed by atoms with van der Waals surface area (Å²) in [5.74, 6) is 2.12. The van der Waals surface area contributed by atoms with Crippen LogP contribution in [0.2, 0.25) is 5.02 Å². The standard InChI is InChI=1S/C19H25ClN4O/c1-2-17-21-18(10-7-13-23-12-6-5-11-19(23)25)24(22-17)14-15-8-3-4-9-16(15)20/h3-4,8-9H,2,5-7,10-14H2,1H3. The quantitative estimate of drug-likeness (QED) is 0.759. The van der Waals surface area contributed by atoms with Crippen LogP contribution in [0.1, 0.15) is 49.8 Å². The van der Waals surface area contributed by atoms with E-state index < -0.39 is 0 Å². The lowest BCUT2D eigenvalue weighted by Gasteiger charge is -2.26. The van der Waals surface area contributed by atoms with E-state index in [1.165, 1.54) is 0 Å². The van der Waals surface area contributed by atoms with Crippen molar-refractivity contribution >= 4 is 17.5 Å². The number of halogens is 1. The Balaban J connectivity index is 1.65. The molecular formula is C19H25ClN4O. The summed E-state index contributed by atoms with van der Waals surface area (Å²) in [6, 6.07) is 7.84. The van der Waals surface area contributed by atoms with E-state index in [2.05, 4.69) is 17.0 Å². The lowest BCUT2D eigenvalue weighted by Crippen LogP contribution is -2.36. The maximum Gasteiger partial charge on any atom is 0.222 e. The second kappa shape index (κ2) is 8.48. The fourth-order valence-electron chi connectivity index (χ4n) is 3.20. The minimum Gasteiger partial charge on any atom is -0.343 e. The fourth-order valence-corrected chi connectivity index (χ4v) is 3.40. The molecule has 0 radical (unpaired) electrons. The van der Waals surface area contributed by atoms with Gasteiger partial charge in [-0.2, -0.15) is 5.10 Å². The number of hydrogen-bond acceptors (Lipinski definition) is 3. The van der Waals surface area contributed by atoms with Crippen molar-refractivity contribution in [1.82, 2.24) is 19.7 Å². The molecule has 2 aromatic rings. The highest BCUT2D eigenvalue weighted by atomic mass is 35.5. The van der Waals surface area contributed by atoms with E-state index in [1.54, 1.807) is 0 Å². The summed E-state index contributed by atoms with van der Waals surface area (Å²) < 4.78 is 1.96. The van der Waals surface area contributed by atoms with E-state index >= 15 is 0 Å². The maximum atomic E-state index is 11.9. The predicted molar refractivity (Wildman–Crippen MR) is 98.7 cm³/mol. The SMILES string of the molecule is CCc1nc(CCCN2CCCCC2=O)n(Cc2ccccc2Cl)n1. The molecule has 1 aromatic heterocycles. The Labute approximate surface area is 154 Å². The average molecular weight is 361 g/mol. The number of aromatic nitrogens is 3. The molecule has 3 rings (SSSR count). The number of nitrogens with zero attached hydrogens (tertiary/aromatic N) is 4. The first-order valence-electron chi connectivity index (χ1n) is 9.11. The molecule has 1 fully saturated rings. The maximum absolute atomic E-state index is 11.9. The Hall–Kier alpha value is -1.88. The lowest BCUT2D eigenvalue weighted by atomic mass is 10.1. The Morgan fingerprint density at radius 2 is 2.08 bits per heavy atom. The molecule has 0 bridgehead atoms. The number of hydrogen-bond donors (Lipinski definition) is 0. The molecule has 0 aliphatic carbocycles. The molecule has 1 saturated heterocycles. The second-order valence-corrected chi connectivity index (χ2v) is 6.90. The van der Waals surface area contributed by atoms with Crippen molar-refractivity contribution < 1.29 is 4.79 Å². The molecule has 0 saturated carbocycles. The van der Waals surface area contributed by atoms with Gasteiger partial charge in [0.25, 0.3) is 0 Å². The molecule has 1 amide bonds. The summed E-state index contributed by atoms with van der Waals surface area (Å²) in [4.78, 5) is 18.6. The van der Waals surface area contributed by atoms with Crippen LogP contribution < -0.4 is 0 Å². The molecule has 25 heavy (non-hydrogen) atoms. The molecule has 134 valence electrons. The van der Waals surface area contributed by atoms with Gasteiger partial charge >= 0.3 is 0 Å². The molecule has 1 aromatic carbocycles. The first kappa shape index (κ1) is 17.9. The minimum absolute atomic E-state index is 0.290. The van der Waals surface area contributed by atoms with Crippen LogP contribution >= 0.6 is 11.6 Å². The van der Waals surface area contributed by atoms with Crippen LogP contribution in [0.3, 0.4) is 0 Å². The summed E-state index contributed by atoms with van der Waals surface area (Å²) >= 11 is 6.28. The summed E-state index contributed by atoms with van der Waals surface area (Å²) in [6.07, 6.45) is 5.39. The van der Waals surface area contributed by atoms with Crippen molar-refractivity contribution in [2.45, 2.75) is 52.0 Å². The lowest BCUT2D eigenvalue weighted by molar-refractivity contribution is -0.133. The summed E-state index contributed by atoms with van der Waals surface area (Å²) in [7, 11) is 0. The topological polar surface area (TPSA) is 51.0 Å². The summed E-state index contributed by atoms with van der Waals surface area (Å²) in [6.45, 7) is 4.39. The largest absolute Gasteiger partial charge is 0.343 e. The minimum atomic E-state index is 0.290. The van der Waals surface area contributed by atoms with Gasteiger partial charge < -0.3 is 4.90 Å². The monoisotopic (exact) mass is 360 g/mol. The van der Waals surface area contributed by atoms with Gasteiger partial charge in [-0.05, 0) is 30.9 Å². The molecule has 5 nitrogen and oxygen atoms in total. The van der Waals surface area contributed by atoms with Crippen molar-refractivity contribution in [3.05, 3.63) is 46.5 Å². The van der Waals surface area contributed by atoms with Gasteiger partial charge in [0.15, 0.2) is 5.82 Å². The van der Waals surface area contributed by atoms with Gasteiger partial charge in [-0.1, -0.05) is 36.7 Å². The number of carbonyl (C=O) groups is 1. The van der Waals surface area contributed by atoms with Crippen LogP contribution in [-0.4, -0.2) is 38.7 Å².